The normalized spacial score (nSPS) is 13.1. The van der Waals surface area contributed by atoms with Crippen LogP contribution in [-0.4, -0.2) is 0 Å². The van der Waals surface area contributed by atoms with Crippen molar-refractivity contribution in [2.24, 2.45) is 0 Å². The van der Waals surface area contributed by atoms with Crippen molar-refractivity contribution in [3.8, 4) is 33.4 Å². The summed E-state index contributed by atoms with van der Waals surface area (Å²) >= 11 is 0. The fourth-order valence-electron chi connectivity index (χ4n) is 9.03. The van der Waals surface area contributed by atoms with E-state index in [-0.39, 0.29) is 5.41 Å². The molecule has 0 unspecified atom stereocenters. The fraction of sp³-hybridized carbons (Fsp3) is 0.0566. The van der Waals surface area contributed by atoms with Crippen LogP contribution in [0.1, 0.15) is 25.0 Å². The molecule has 0 radical (unpaired) electrons. The number of para-hydroxylation sites is 1. The van der Waals surface area contributed by atoms with E-state index in [0.717, 1.165) is 44.4 Å². The molecular weight excluding hydrogens is 667 g/mol. The summed E-state index contributed by atoms with van der Waals surface area (Å²) in [5.41, 5.74) is 15.3. The molecule has 10 aromatic rings. The Morgan fingerprint density at radius 3 is 1.82 bits per heavy atom. The lowest BCUT2D eigenvalue weighted by molar-refractivity contribution is 0.660. The molecule has 0 amide bonds. The third-order valence-electron chi connectivity index (χ3n) is 11.9. The first-order chi connectivity index (χ1) is 27.0. The minimum atomic E-state index is -0.100. The number of rotatable bonds is 5. The van der Waals surface area contributed by atoms with E-state index in [1.165, 1.54) is 60.7 Å². The zero-order valence-corrected chi connectivity index (χ0v) is 30.8. The van der Waals surface area contributed by atoms with E-state index >= 15 is 0 Å². The lowest BCUT2D eigenvalue weighted by Gasteiger charge is -2.28. The van der Waals surface area contributed by atoms with E-state index in [1.54, 1.807) is 0 Å². The Hall–Kier alpha value is -6.90. The van der Waals surface area contributed by atoms with E-state index < -0.39 is 0 Å². The maximum absolute atomic E-state index is 6.42. The predicted molar refractivity (Wildman–Crippen MR) is 232 cm³/mol. The van der Waals surface area contributed by atoms with Crippen molar-refractivity contribution >= 4 is 60.5 Å². The van der Waals surface area contributed by atoms with Gasteiger partial charge in [0.15, 0.2) is 0 Å². The number of hydrogen-bond donors (Lipinski definition) is 0. The standard InChI is InChI=1S/C53H37NO/c1-53(2)49-16-7-5-12-44(49)45-29-28-41(33-50(45)53)54(39-24-20-35(21-25-39)38-19-18-34-10-3-4-11-37(34)32-38)40-26-22-36(23-27-40)42-14-9-15-47-43(42)30-31-48-46-13-6-8-17-51(46)55-52(47)48/h3-33H,1-2H3. The van der Waals surface area contributed by atoms with Gasteiger partial charge in [0.1, 0.15) is 11.2 Å². The summed E-state index contributed by atoms with van der Waals surface area (Å²) in [6, 6.07) is 68.5. The molecule has 0 spiro atoms. The van der Waals surface area contributed by atoms with E-state index in [0.29, 0.717) is 0 Å². The maximum atomic E-state index is 6.42. The molecular formula is C53H37NO. The maximum Gasteiger partial charge on any atom is 0.143 e. The minimum Gasteiger partial charge on any atom is -0.455 e. The topological polar surface area (TPSA) is 16.4 Å². The Balaban J connectivity index is 1.02. The molecule has 55 heavy (non-hydrogen) atoms. The molecule has 260 valence electrons. The highest BCUT2D eigenvalue weighted by Crippen LogP contribution is 2.51. The largest absolute Gasteiger partial charge is 0.455 e. The molecule has 1 aliphatic rings. The molecule has 0 bridgehead atoms. The summed E-state index contributed by atoms with van der Waals surface area (Å²) in [5, 5.41) is 7.12. The monoisotopic (exact) mass is 703 g/mol. The summed E-state index contributed by atoms with van der Waals surface area (Å²) in [6.45, 7) is 4.70. The van der Waals surface area contributed by atoms with Gasteiger partial charge in [0.05, 0.1) is 0 Å². The second kappa shape index (κ2) is 12.1. The van der Waals surface area contributed by atoms with Crippen LogP contribution < -0.4 is 4.90 Å². The molecule has 1 aliphatic carbocycles. The van der Waals surface area contributed by atoms with Gasteiger partial charge in [-0.1, -0.05) is 147 Å². The highest BCUT2D eigenvalue weighted by molar-refractivity contribution is 6.17. The lowest BCUT2D eigenvalue weighted by atomic mass is 9.82. The van der Waals surface area contributed by atoms with Crippen molar-refractivity contribution in [1.29, 1.82) is 0 Å². The predicted octanol–water partition coefficient (Wildman–Crippen LogP) is 15.0. The number of anilines is 3. The van der Waals surface area contributed by atoms with E-state index in [1.807, 2.05) is 12.1 Å². The van der Waals surface area contributed by atoms with Gasteiger partial charge in [0, 0.05) is 38.6 Å². The Morgan fingerprint density at radius 2 is 0.982 bits per heavy atom. The summed E-state index contributed by atoms with van der Waals surface area (Å²) in [4.78, 5) is 2.40. The van der Waals surface area contributed by atoms with Crippen LogP contribution in [-0.2, 0) is 5.41 Å². The average molecular weight is 704 g/mol. The van der Waals surface area contributed by atoms with Crippen LogP contribution in [0.3, 0.4) is 0 Å². The molecule has 0 aliphatic heterocycles. The van der Waals surface area contributed by atoms with Crippen LogP contribution in [0.15, 0.2) is 192 Å². The number of furan rings is 1. The Labute approximate surface area is 320 Å². The van der Waals surface area contributed by atoms with Gasteiger partial charge in [-0.3, -0.25) is 0 Å². The first kappa shape index (κ1) is 31.6. The Bertz CT molecular complexity index is 3110. The second-order valence-corrected chi connectivity index (χ2v) is 15.3. The fourth-order valence-corrected chi connectivity index (χ4v) is 9.03. The molecule has 11 rings (SSSR count). The SMILES string of the molecule is CC1(C)c2ccccc2-c2ccc(N(c3ccc(-c4ccc5ccccc5c4)cc3)c3ccc(-c4cccc5c4ccc4c6ccccc6oc54)cc3)cc21. The van der Waals surface area contributed by atoms with Crippen molar-refractivity contribution in [2.75, 3.05) is 4.90 Å². The molecule has 0 saturated heterocycles. The molecule has 2 nitrogen and oxygen atoms in total. The van der Waals surface area contributed by atoms with Gasteiger partial charge in [-0.15, -0.1) is 0 Å². The zero-order chi connectivity index (χ0) is 36.7. The summed E-state index contributed by atoms with van der Waals surface area (Å²) < 4.78 is 6.42. The summed E-state index contributed by atoms with van der Waals surface area (Å²) in [5.74, 6) is 0. The molecule has 0 fully saturated rings. The number of hydrogen-bond acceptors (Lipinski definition) is 2. The van der Waals surface area contributed by atoms with E-state index in [4.69, 9.17) is 4.42 Å². The van der Waals surface area contributed by atoms with E-state index in [2.05, 4.69) is 195 Å². The molecule has 0 atom stereocenters. The van der Waals surface area contributed by atoms with Crippen LogP contribution in [0.5, 0.6) is 0 Å². The van der Waals surface area contributed by atoms with Crippen LogP contribution in [0.25, 0.3) is 76.9 Å². The third-order valence-corrected chi connectivity index (χ3v) is 11.9. The van der Waals surface area contributed by atoms with Gasteiger partial charge in [-0.25, -0.2) is 0 Å². The van der Waals surface area contributed by atoms with Gasteiger partial charge in [0.25, 0.3) is 0 Å². The van der Waals surface area contributed by atoms with Gasteiger partial charge in [0.2, 0.25) is 0 Å². The quantitative estimate of drug-likeness (QED) is 0.177. The summed E-state index contributed by atoms with van der Waals surface area (Å²) in [7, 11) is 0. The van der Waals surface area contributed by atoms with Crippen molar-refractivity contribution in [1.82, 2.24) is 0 Å². The average Bonchev–Trinajstić information content (AvgIpc) is 3.73. The Kier molecular flexibility index (Phi) is 6.93. The van der Waals surface area contributed by atoms with Crippen molar-refractivity contribution in [3.05, 3.63) is 199 Å². The van der Waals surface area contributed by atoms with Crippen LogP contribution in [0.2, 0.25) is 0 Å². The van der Waals surface area contributed by atoms with Gasteiger partial charge in [-0.05, 0) is 115 Å². The number of nitrogens with zero attached hydrogens (tertiary/aromatic N) is 1. The first-order valence-electron chi connectivity index (χ1n) is 19.1. The van der Waals surface area contributed by atoms with Gasteiger partial charge >= 0.3 is 0 Å². The Morgan fingerprint density at radius 1 is 0.382 bits per heavy atom. The van der Waals surface area contributed by atoms with Crippen LogP contribution >= 0.6 is 0 Å². The highest BCUT2D eigenvalue weighted by atomic mass is 16.3. The third kappa shape index (κ3) is 4.95. The second-order valence-electron chi connectivity index (χ2n) is 15.3. The van der Waals surface area contributed by atoms with Crippen molar-refractivity contribution < 1.29 is 4.42 Å². The number of fused-ring (bicyclic) bond motifs is 9. The molecule has 0 N–H and O–H groups in total. The van der Waals surface area contributed by atoms with Crippen LogP contribution in [0, 0.1) is 0 Å². The minimum absolute atomic E-state index is 0.100. The van der Waals surface area contributed by atoms with Crippen molar-refractivity contribution in [3.63, 3.8) is 0 Å². The zero-order valence-electron chi connectivity index (χ0n) is 30.8. The van der Waals surface area contributed by atoms with Crippen LogP contribution in [0.4, 0.5) is 17.1 Å². The van der Waals surface area contributed by atoms with E-state index in [9.17, 15) is 0 Å². The molecule has 9 aromatic carbocycles. The molecule has 1 heterocycles. The molecule has 2 heteroatoms. The lowest BCUT2D eigenvalue weighted by Crippen LogP contribution is -2.16. The number of benzene rings is 9. The molecule has 1 aromatic heterocycles. The van der Waals surface area contributed by atoms with Gasteiger partial charge in [-0.2, -0.15) is 0 Å². The van der Waals surface area contributed by atoms with Gasteiger partial charge < -0.3 is 9.32 Å². The van der Waals surface area contributed by atoms with Crippen molar-refractivity contribution in [2.45, 2.75) is 19.3 Å². The summed E-state index contributed by atoms with van der Waals surface area (Å²) in [6.07, 6.45) is 0. The molecule has 0 saturated carbocycles. The smallest absolute Gasteiger partial charge is 0.143 e. The first-order valence-corrected chi connectivity index (χ1v) is 19.1. The highest BCUT2D eigenvalue weighted by Gasteiger charge is 2.35.